The number of nitrogens with one attached hydrogen (secondary N) is 1. The number of rotatable bonds is 8. The summed E-state index contributed by atoms with van der Waals surface area (Å²) in [5, 5.41) is 3.52. The van der Waals surface area contributed by atoms with Crippen LogP contribution in [0, 0.1) is 0 Å². The van der Waals surface area contributed by atoms with E-state index in [-0.39, 0.29) is 11.6 Å². The molecule has 1 aromatic carbocycles. The molecule has 1 aromatic rings. The highest BCUT2D eigenvalue weighted by atomic mass is 79.9. The summed E-state index contributed by atoms with van der Waals surface area (Å²) in [6.07, 6.45) is 1.13. The SMILES string of the molecule is CCCNC(C)c1cc(Br)ccc1OCC(C)(C)N(C)C. The molecular formula is C17H29BrN2O. The molecule has 120 valence electrons. The van der Waals surface area contributed by atoms with Crippen LogP contribution in [0.25, 0.3) is 0 Å². The van der Waals surface area contributed by atoms with Crippen LogP contribution in [-0.2, 0) is 0 Å². The molecule has 21 heavy (non-hydrogen) atoms. The van der Waals surface area contributed by atoms with Crippen LogP contribution in [0.4, 0.5) is 0 Å². The molecule has 0 saturated carbocycles. The van der Waals surface area contributed by atoms with E-state index in [4.69, 9.17) is 4.74 Å². The second kappa shape index (κ2) is 8.16. The number of hydrogen-bond donors (Lipinski definition) is 1. The Bertz CT molecular complexity index is 446. The highest BCUT2D eigenvalue weighted by molar-refractivity contribution is 9.10. The second-order valence-electron chi connectivity index (χ2n) is 6.35. The van der Waals surface area contributed by atoms with Gasteiger partial charge >= 0.3 is 0 Å². The molecule has 0 fully saturated rings. The smallest absolute Gasteiger partial charge is 0.124 e. The third-order valence-electron chi connectivity index (χ3n) is 3.93. The quantitative estimate of drug-likeness (QED) is 0.754. The Morgan fingerprint density at radius 3 is 2.57 bits per heavy atom. The Kier molecular flexibility index (Phi) is 7.17. The lowest BCUT2D eigenvalue weighted by Crippen LogP contribution is -2.43. The van der Waals surface area contributed by atoms with Crippen molar-refractivity contribution in [2.75, 3.05) is 27.2 Å². The summed E-state index contributed by atoms with van der Waals surface area (Å²) in [5.74, 6) is 0.962. The third-order valence-corrected chi connectivity index (χ3v) is 4.42. The van der Waals surface area contributed by atoms with Crippen molar-refractivity contribution < 1.29 is 4.74 Å². The molecule has 0 saturated heterocycles. The highest BCUT2D eigenvalue weighted by Crippen LogP contribution is 2.29. The first-order valence-electron chi connectivity index (χ1n) is 7.61. The number of hydrogen-bond acceptors (Lipinski definition) is 3. The molecule has 1 unspecified atom stereocenters. The predicted octanol–water partition coefficient (Wildman–Crippen LogP) is 4.23. The van der Waals surface area contributed by atoms with Gasteiger partial charge in [0.05, 0.1) is 0 Å². The number of benzene rings is 1. The van der Waals surface area contributed by atoms with Crippen molar-refractivity contribution in [3.05, 3.63) is 28.2 Å². The molecule has 3 nitrogen and oxygen atoms in total. The van der Waals surface area contributed by atoms with Gasteiger partial charge in [0.1, 0.15) is 12.4 Å². The summed E-state index contributed by atoms with van der Waals surface area (Å²) in [6, 6.07) is 6.51. The molecule has 0 aliphatic heterocycles. The molecule has 1 atom stereocenters. The number of halogens is 1. The Hall–Kier alpha value is -0.580. The van der Waals surface area contributed by atoms with Gasteiger partial charge in [0.2, 0.25) is 0 Å². The first-order chi connectivity index (χ1) is 9.77. The summed E-state index contributed by atoms with van der Waals surface area (Å²) >= 11 is 3.56. The van der Waals surface area contributed by atoms with Gasteiger partial charge in [-0.2, -0.15) is 0 Å². The van der Waals surface area contributed by atoms with Crippen molar-refractivity contribution in [3.63, 3.8) is 0 Å². The second-order valence-corrected chi connectivity index (χ2v) is 7.27. The van der Waals surface area contributed by atoms with Crippen molar-refractivity contribution in [1.82, 2.24) is 10.2 Å². The lowest BCUT2D eigenvalue weighted by atomic mass is 10.0. The first-order valence-corrected chi connectivity index (χ1v) is 8.40. The Labute approximate surface area is 138 Å². The minimum Gasteiger partial charge on any atom is -0.491 e. The van der Waals surface area contributed by atoms with E-state index in [1.54, 1.807) is 0 Å². The van der Waals surface area contributed by atoms with E-state index < -0.39 is 0 Å². The highest BCUT2D eigenvalue weighted by Gasteiger charge is 2.22. The van der Waals surface area contributed by atoms with Gasteiger partial charge in [-0.3, -0.25) is 0 Å². The normalized spacial score (nSPS) is 13.5. The Balaban J connectivity index is 2.86. The molecule has 1 rings (SSSR count). The summed E-state index contributed by atoms with van der Waals surface area (Å²) < 4.78 is 7.20. The molecule has 4 heteroatoms. The fraction of sp³-hybridized carbons (Fsp3) is 0.647. The van der Waals surface area contributed by atoms with E-state index in [1.807, 2.05) is 6.07 Å². The van der Waals surface area contributed by atoms with Crippen molar-refractivity contribution in [2.24, 2.45) is 0 Å². The zero-order chi connectivity index (χ0) is 16.0. The molecule has 0 aliphatic rings. The van der Waals surface area contributed by atoms with Gasteiger partial charge in [0, 0.05) is 21.6 Å². The fourth-order valence-electron chi connectivity index (χ4n) is 1.84. The average Bonchev–Trinajstić information content (AvgIpc) is 2.43. The largest absolute Gasteiger partial charge is 0.491 e. The van der Waals surface area contributed by atoms with Gasteiger partial charge in [0.25, 0.3) is 0 Å². The van der Waals surface area contributed by atoms with Gasteiger partial charge in [-0.1, -0.05) is 22.9 Å². The number of ether oxygens (including phenoxy) is 1. The minimum atomic E-state index is 0.00439. The lowest BCUT2D eigenvalue weighted by Gasteiger charge is -2.32. The molecule has 0 aliphatic carbocycles. The maximum atomic E-state index is 6.12. The standard InChI is InChI=1S/C17H29BrN2O/c1-7-10-19-13(2)15-11-14(18)8-9-16(15)21-12-17(3,4)20(5)6/h8-9,11,13,19H,7,10,12H2,1-6H3. The Morgan fingerprint density at radius 2 is 2.00 bits per heavy atom. The predicted molar refractivity (Wildman–Crippen MR) is 94.1 cm³/mol. The summed E-state index contributed by atoms with van der Waals surface area (Å²) in [6.45, 7) is 10.4. The van der Waals surface area contributed by atoms with Gasteiger partial charge in [0.15, 0.2) is 0 Å². The maximum absolute atomic E-state index is 6.12. The van der Waals surface area contributed by atoms with Crippen LogP contribution in [0.3, 0.4) is 0 Å². The van der Waals surface area contributed by atoms with Crippen molar-refractivity contribution >= 4 is 15.9 Å². The van der Waals surface area contributed by atoms with E-state index in [0.29, 0.717) is 6.61 Å². The summed E-state index contributed by atoms with van der Waals surface area (Å²) in [7, 11) is 4.16. The van der Waals surface area contributed by atoms with Crippen LogP contribution in [0.1, 0.15) is 45.7 Å². The zero-order valence-corrected chi connectivity index (χ0v) is 15.8. The van der Waals surface area contributed by atoms with Crippen LogP contribution in [0.5, 0.6) is 5.75 Å². The van der Waals surface area contributed by atoms with Gasteiger partial charge in [-0.05, 0) is 66.0 Å². The average molecular weight is 357 g/mol. The topological polar surface area (TPSA) is 24.5 Å². The van der Waals surface area contributed by atoms with E-state index in [2.05, 4.69) is 80.1 Å². The molecule has 0 spiro atoms. The molecule has 0 amide bonds. The van der Waals surface area contributed by atoms with Crippen molar-refractivity contribution in [2.45, 2.75) is 45.7 Å². The molecule has 0 aromatic heterocycles. The van der Waals surface area contributed by atoms with Crippen LogP contribution >= 0.6 is 15.9 Å². The van der Waals surface area contributed by atoms with Gasteiger partial charge in [-0.15, -0.1) is 0 Å². The number of nitrogens with zero attached hydrogens (tertiary/aromatic N) is 1. The van der Waals surface area contributed by atoms with E-state index >= 15 is 0 Å². The lowest BCUT2D eigenvalue weighted by molar-refractivity contribution is 0.113. The fourth-order valence-corrected chi connectivity index (χ4v) is 2.22. The molecule has 0 bridgehead atoms. The monoisotopic (exact) mass is 356 g/mol. The van der Waals surface area contributed by atoms with Crippen LogP contribution in [0.2, 0.25) is 0 Å². The van der Waals surface area contributed by atoms with E-state index in [0.717, 1.165) is 23.2 Å². The molecule has 1 N–H and O–H groups in total. The maximum Gasteiger partial charge on any atom is 0.124 e. The first kappa shape index (κ1) is 18.5. The van der Waals surface area contributed by atoms with E-state index in [1.165, 1.54) is 5.56 Å². The summed E-state index contributed by atoms with van der Waals surface area (Å²) in [5.41, 5.74) is 1.21. The molecular weight excluding hydrogens is 328 g/mol. The van der Waals surface area contributed by atoms with Crippen LogP contribution in [0.15, 0.2) is 22.7 Å². The van der Waals surface area contributed by atoms with Crippen LogP contribution in [-0.4, -0.2) is 37.7 Å². The van der Waals surface area contributed by atoms with Crippen molar-refractivity contribution in [1.29, 1.82) is 0 Å². The number of likely N-dealkylation sites (N-methyl/N-ethyl adjacent to an activating group) is 1. The van der Waals surface area contributed by atoms with Crippen LogP contribution < -0.4 is 10.1 Å². The van der Waals surface area contributed by atoms with Crippen molar-refractivity contribution in [3.8, 4) is 5.75 Å². The summed E-state index contributed by atoms with van der Waals surface area (Å²) in [4.78, 5) is 2.18. The van der Waals surface area contributed by atoms with Gasteiger partial charge in [-0.25, -0.2) is 0 Å². The minimum absolute atomic E-state index is 0.00439. The molecule has 0 heterocycles. The van der Waals surface area contributed by atoms with Gasteiger partial charge < -0.3 is 15.0 Å². The van der Waals surface area contributed by atoms with E-state index in [9.17, 15) is 0 Å². The molecule has 0 radical (unpaired) electrons. The Morgan fingerprint density at radius 1 is 1.33 bits per heavy atom. The third kappa shape index (κ3) is 5.61. The zero-order valence-electron chi connectivity index (χ0n) is 14.2.